The second-order valence-electron chi connectivity index (χ2n) is 12.1. The first-order valence-corrected chi connectivity index (χ1v) is 15.9. The summed E-state index contributed by atoms with van der Waals surface area (Å²) < 4.78 is 19.5. The fourth-order valence-electron chi connectivity index (χ4n) is 6.97. The number of ether oxygens (including phenoxy) is 1. The average molecular weight is 606 g/mol. The van der Waals surface area contributed by atoms with Crippen molar-refractivity contribution in [1.82, 2.24) is 15.1 Å². The summed E-state index contributed by atoms with van der Waals surface area (Å²) in [4.78, 5) is 32.2. The molecule has 1 aliphatic heterocycles. The Morgan fingerprint density at radius 2 is 1.51 bits per heavy atom. The Hall–Kier alpha value is -4.49. The van der Waals surface area contributed by atoms with E-state index in [2.05, 4.69) is 40.5 Å². The molecule has 6 rings (SSSR count). The molecule has 1 aliphatic carbocycles. The zero-order chi connectivity index (χ0) is 31.2. The van der Waals surface area contributed by atoms with Crippen LogP contribution >= 0.6 is 0 Å². The highest BCUT2D eigenvalue weighted by atomic mass is 19.1. The van der Waals surface area contributed by atoms with Crippen LogP contribution < -0.4 is 5.32 Å². The summed E-state index contributed by atoms with van der Waals surface area (Å²) in [5.74, 6) is -0.719. The molecule has 1 heterocycles. The Bertz CT molecular complexity index is 1560. The monoisotopic (exact) mass is 605 g/mol. The molecule has 1 fully saturated rings. The van der Waals surface area contributed by atoms with Crippen molar-refractivity contribution in [3.05, 3.63) is 143 Å². The van der Waals surface area contributed by atoms with Crippen molar-refractivity contribution >= 4 is 12.0 Å². The first-order chi connectivity index (χ1) is 22.0. The van der Waals surface area contributed by atoms with Gasteiger partial charge in [0.15, 0.2) is 0 Å². The largest absolute Gasteiger partial charge is 0.464 e. The number of esters is 1. The molecule has 2 unspecified atom stereocenters. The molecular weight excluding hydrogens is 565 g/mol. The molecule has 0 saturated heterocycles. The van der Waals surface area contributed by atoms with Gasteiger partial charge in [-0.3, -0.25) is 4.90 Å². The van der Waals surface area contributed by atoms with Crippen molar-refractivity contribution < 1.29 is 18.7 Å². The molecule has 2 amide bonds. The fraction of sp³-hybridized carbons (Fsp3) is 0.316. The Kier molecular flexibility index (Phi) is 9.26. The third-order valence-corrected chi connectivity index (χ3v) is 9.20. The number of hydrogen-bond acceptors (Lipinski definition) is 4. The summed E-state index contributed by atoms with van der Waals surface area (Å²) in [7, 11) is 0. The SMILES string of the molecule is CCOC(=O)C1(NC(=O)N2CCc3ccccc3[C@@H]2c2ccc(F)cc2)CCC(N(Cc2ccccc2)Cc2ccccc2)C1. The maximum atomic E-state index is 14.3. The number of urea groups is 1. The molecule has 0 spiro atoms. The Balaban J connectivity index is 1.29. The normalized spacial score (nSPS) is 20.9. The summed E-state index contributed by atoms with van der Waals surface area (Å²) in [5, 5.41) is 3.21. The highest BCUT2D eigenvalue weighted by molar-refractivity contribution is 5.88. The van der Waals surface area contributed by atoms with Crippen LogP contribution in [-0.2, 0) is 29.0 Å². The number of nitrogens with zero attached hydrogens (tertiary/aromatic N) is 2. The molecule has 3 atom stereocenters. The van der Waals surface area contributed by atoms with E-state index in [0.717, 1.165) is 36.2 Å². The first-order valence-electron chi connectivity index (χ1n) is 15.9. The maximum Gasteiger partial charge on any atom is 0.331 e. The predicted molar refractivity (Wildman–Crippen MR) is 173 cm³/mol. The van der Waals surface area contributed by atoms with Gasteiger partial charge in [-0.25, -0.2) is 14.0 Å². The van der Waals surface area contributed by atoms with Crippen LogP contribution in [0.25, 0.3) is 0 Å². The second kappa shape index (κ2) is 13.7. The minimum absolute atomic E-state index is 0.0464. The van der Waals surface area contributed by atoms with Crippen molar-refractivity contribution in [2.75, 3.05) is 13.2 Å². The van der Waals surface area contributed by atoms with Crippen LogP contribution in [-0.4, -0.2) is 46.5 Å². The van der Waals surface area contributed by atoms with Gasteiger partial charge < -0.3 is 15.0 Å². The van der Waals surface area contributed by atoms with Gasteiger partial charge in [0, 0.05) is 25.7 Å². The molecule has 45 heavy (non-hydrogen) atoms. The van der Waals surface area contributed by atoms with Crippen LogP contribution in [0.1, 0.15) is 60.0 Å². The van der Waals surface area contributed by atoms with E-state index in [1.807, 2.05) is 54.6 Å². The first kappa shape index (κ1) is 30.5. The van der Waals surface area contributed by atoms with Gasteiger partial charge in [0.05, 0.1) is 12.6 Å². The molecule has 0 radical (unpaired) electrons. The third-order valence-electron chi connectivity index (χ3n) is 9.20. The molecule has 1 saturated carbocycles. The molecule has 0 aromatic heterocycles. The van der Waals surface area contributed by atoms with E-state index >= 15 is 0 Å². The molecule has 6 nitrogen and oxygen atoms in total. The summed E-state index contributed by atoms with van der Waals surface area (Å²) in [6.07, 6.45) is 2.36. The van der Waals surface area contributed by atoms with Crippen LogP contribution in [0.4, 0.5) is 9.18 Å². The molecule has 232 valence electrons. The smallest absolute Gasteiger partial charge is 0.331 e. The second-order valence-corrected chi connectivity index (χ2v) is 12.1. The van der Waals surface area contributed by atoms with Crippen LogP contribution in [0, 0.1) is 5.82 Å². The van der Waals surface area contributed by atoms with E-state index in [0.29, 0.717) is 25.8 Å². The Labute approximate surface area is 264 Å². The summed E-state index contributed by atoms with van der Waals surface area (Å²) >= 11 is 0. The lowest BCUT2D eigenvalue weighted by atomic mass is 9.88. The van der Waals surface area contributed by atoms with Gasteiger partial charge >= 0.3 is 12.0 Å². The number of hydrogen-bond donors (Lipinski definition) is 1. The van der Waals surface area contributed by atoms with Crippen LogP contribution in [0.5, 0.6) is 0 Å². The van der Waals surface area contributed by atoms with Gasteiger partial charge in [-0.2, -0.15) is 0 Å². The summed E-state index contributed by atoms with van der Waals surface area (Å²) in [6.45, 7) is 3.95. The fourth-order valence-corrected chi connectivity index (χ4v) is 6.97. The Morgan fingerprint density at radius 3 is 2.16 bits per heavy atom. The van der Waals surface area contributed by atoms with Gasteiger partial charge in [0.25, 0.3) is 0 Å². The lowest BCUT2D eigenvalue weighted by molar-refractivity contribution is -0.150. The molecule has 4 aromatic carbocycles. The molecule has 2 aliphatic rings. The highest BCUT2D eigenvalue weighted by Crippen LogP contribution is 2.39. The number of fused-ring (bicyclic) bond motifs is 1. The number of carbonyl (C=O) groups excluding carboxylic acids is 2. The van der Waals surface area contributed by atoms with Crippen molar-refractivity contribution in [2.45, 2.75) is 63.3 Å². The number of nitrogens with one attached hydrogen (secondary N) is 1. The predicted octanol–water partition coefficient (Wildman–Crippen LogP) is 7.04. The van der Waals surface area contributed by atoms with Crippen molar-refractivity contribution in [3.63, 3.8) is 0 Å². The molecular formula is C38H40FN3O3. The standard InChI is InChI=1S/C38H40FN3O3/c1-2-45-36(43)38(23-21-33(25-38)41(26-28-11-5-3-6-12-28)27-29-13-7-4-8-14-29)40-37(44)42-24-22-30-15-9-10-16-34(30)35(42)31-17-19-32(39)20-18-31/h3-20,33,35H,2,21-27H2,1H3,(H,40,44)/t33?,35-,38?/m0/s1. The van der Waals surface area contributed by atoms with E-state index < -0.39 is 17.6 Å². The molecule has 7 heteroatoms. The topological polar surface area (TPSA) is 61.9 Å². The zero-order valence-corrected chi connectivity index (χ0v) is 25.7. The van der Waals surface area contributed by atoms with Crippen LogP contribution in [0.15, 0.2) is 109 Å². The van der Waals surface area contributed by atoms with E-state index in [1.165, 1.54) is 23.3 Å². The van der Waals surface area contributed by atoms with Crippen LogP contribution in [0.3, 0.4) is 0 Å². The van der Waals surface area contributed by atoms with Crippen LogP contribution in [0.2, 0.25) is 0 Å². The number of rotatable bonds is 9. The minimum Gasteiger partial charge on any atom is -0.464 e. The van der Waals surface area contributed by atoms with E-state index in [1.54, 1.807) is 24.0 Å². The third kappa shape index (κ3) is 6.79. The number of carbonyl (C=O) groups is 2. The molecule has 4 aromatic rings. The maximum absolute atomic E-state index is 14.3. The van der Waals surface area contributed by atoms with E-state index in [4.69, 9.17) is 4.74 Å². The number of amides is 2. The van der Waals surface area contributed by atoms with Gasteiger partial charge in [-0.15, -0.1) is 0 Å². The van der Waals surface area contributed by atoms with Gasteiger partial charge in [-0.05, 0) is 72.6 Å². The Morgan fingerprint density at radius 1 is 0.889 bits per heavy atom. The zero-order valence-electron chi connectivity index (χ0n) is 25.7. The molecule has 0 bridgehead atoms. The van der Waals surface area contributed by atoms with E-state index in [-0.39, 0.29) is 24.5 Å². The highest BCUT2D eigenvalue weighted by Gasteiger charge is 2.50. The molecule has 1 N–H and O–H groups in total. The lowest BCUT2D eigenvalue weighted by Crippen LogP contribution is -2.59. The quantitative estimate of drug-likeness (QED) is 0.208. The lowest BCUT2D eigenvalue weighted by Gasteiger charge is -2.40. The van der Waals surface area contributed by atoms with Gasteiger partial charge in [0.1, 0.15) is 11.4 Å². The van der Waals surface area contributed by atoms with Gasteiger partial charge in [-0.1, -0.05) is 97.1 Å². The van der Waals surface area contributed by atoms with Crippen molar-refractivity contribution in [3.8, 4) is 0 Å². The summed E-state index contributed by atoms with van der Waals surface area (Å²) in [5.41, 5.74) is 4.23. The minimum atomic E-state index is -1.16. The van der Waals surface area contributed by atoms with Crippen molar-refractivity contribution in [1.29, 1.82) is 0 Å². The summed E-state index contributed by atoms with van der Waals surface area (Å²) in [6, 6.07) is 34.4. The number of benzene rings is 4. The van der Waals surface area contributed by atoms with Gasteiger partial charge in [0.2, 0.25) is 0 Å². The number of halogens is 1. The average Bonchev–Trinajstić information content (AvgIpc) is 3.50. The van der Waals surface area contributed by atoms with Crippen molar-refractivity contribution in [2.24, 2.45) is 0 Å². The van der Waals surface area contributed by atoms with E-state index in [9.17, 15) is 14.0 Å².